The Kier molecular flexibility index (Phi) is 3.43. The number of esters is 1. The van der Waals surface area contributed by atoms with E-state index in [2.05, 4.69) is 0 Å². The first-order valence-corrected chi connectivity index (χ1v) is 8.66. The minimum Gasteiger partial charge on any atom is -0.450 e. The lowest BCUT2D eigenvalue weighted by molar-refractivity contribution is -0.0389. The lowest BCUT2D eigenvalue weighted by Gasteiger charge is -2.38. The SMILES string of the molecule is O=C1OC2(CCN(C(=O)c3ccc(Cl)s3)CC2)c2ccccc21. The number of amides is 1. The zero-order valence-electron chi connectivity index (χ0n) is 12.3. The van der Waals surface area contributed by atoms with Crippen molar-refractivity contribution in [2.24, 2.45) is 0 Å². The van der Waals surface area contributed by atoms with Crippen LogP contribution in [0.1, 0.15) is 38.4 Å². The Bertz CT molecular complexity index is 793. The molecule has 0 saturated carbocycles. The maximum Gasteiger partial charge on any atom is 0.339 e. The van der Waals surface area contributed by atoms with Crippen molar-refractivity contribution in [1.29, 1.82) is 0 Å². The van der Waals surface area contributed by atoms with Crippen LogP contribution >= 0.6 is 22.9 Å². The standard InChI is InChI=1S/C17H14ClNO3S/c18-14-6-5-13(23-14)15(20)19-9-7-17(8-10-19)12-4-2-1-3-11(12)16(21)22-17/h1-6H,7-10H2. The van der Waals surface area contributed by atoms with Gasteiger partial charge >= 0.3 is 5.97 Å². The van der Waals surface area contributed by atoms with Gasteiger partial charge in [0.2, 0.25) is 0 Å². The molecule has 4 nitrogen and oxygen atoms in total. The minimum absolute atomic E-state index is 0.00522. The molecular formula is C17H14ClNO3S. The first-order valence-electron chi connectivity index (χ1n) is 7.46. The van der Waals surface area contributed by atoms with Gasteiger partial charge in [0.15, 0.2) is 0 Å². The summed E-state index contributed by atoms with van der Waals surface area (Å²) in [5, 5.41) is 0. The van der Waals surface area contributed by atoms with Crippen LogP contribution in [0.2, 0.25) is 4.34 Å². The fourth-order valence-corrected chi connectivity index (χ4v) is 4.38. The predicted octanol–water partition coefficient (Wildman–Crippen LogP) is 3.70. The van der Waals surface area contributed by atoms with Crippen molar-refractivity contribution >= 4 is 34.8 Å². The van der Waals surface area contributed by atoms with E-state index in [0.717, 1.165) is 5.56 Å². The molecule has 0 atom stereocenters. The van der Waals surface area contributed by atoms with E-state index in [1.165, 1.54) is 11.3 Å². The van der Waals surface area contributed by atoms with Crippen LogP contribution in [0.5, 0.6) is 0 Å². The largest absolute Gasteiger partial charge is 0.450 e. The van der Waals surface area contributed by atoms with E-state index in [1.54, 1.807) is 18.2 Å². The number of thiophene rings is 1. The maximum absolute atomic E-state index is 12.5. The highest BCUT2D eigenvalue weighted by Crippen LogP contribution is 2.44. The van der Waals surface area contributed by atoms with Crippen LogP contribution in [0.15, 0.2) is 36.4 Å². The molecule has 3 heterocycles. The molecule has 1 amide bonds. The van der Waals surface area contributed by atoms with Gasteiger partial charge in [-0.2, -0.15) is 0 Å². The highest BCUT2D eigenvalue weighted by molar-refractivity contribution is 7.17. The third-order valence-electron chi connectivity index (χ3n) is 4.57. The van der Waals surface area contributed by atoms with Gasteiger partial charge in [-0.05, 0) is 18.2 Å². The van der Waals surface area contributed by atoms with Gasteiger partial charge in [-0.3, -0.25) is 4.79 Å². The van der Waals surface area contributed by atoms with Gasteiger partial charge in [0.1, 0.15) is 5.60 Å². The molecule has 2 aliphatic rings. The Hall–Kier alpha value is -1.85. The molecule has 2 aromatic rings. The second-order valence-electron chi connectivity index (χ2n) is 5.83. The van der Waals surface area contributed by atoms with E-state index in [-0.39, 0.29) is 11.9 Å². The molecule has 0 N–H and O–H groups in total. The second kappa shape index (κ2) is 5.35. The molecule has 1 aromatic heterocycles. The number of piperidine rings is 1. The van der Waals surface area contributed by atoms with Gasteiger partial charge < -0.3 is 9.64 Å². The van der Waals surface area contributed by atoms with Gasteiger partial charge in [-0.1, -0.05) is 29.8 Å². The van der Waals surface area contributed by atoms with E-state index >= 15 is 0 Å². The molecule has 23 heavy (non-hydrogen) atoms. The van der Waals surface area contributed by atoms with Crippen LogP contribution in [0.3, 0.4) is 0 Å². The molecular weight excluding hydrogens is 334 g/mol. The molecule has 1 aromatic carbocycles. The summed E-state index contributed by atoms with van der Waals surface area (Å²) < 4.78 is 6.31. The summed E-state index contributed by atoms with van der Waals surface area (Å²) in [6, 6.07) is 11.0. The number of rotatable bonds is 1. The van der Waals surface area contributed by atoms with Crippen molar-refractivity contribution in [1.82, 2.24) is 4.90 Å². The maximum atomic E-state index is 12.5. The number of ether oxygens (including phenoxy) is 1. The van der Waals surface area contributed by atoms with Crippen LogP contribution in [0, 0.1) is 0 Å². The quantitative estimate of drug-likeness (QED) is 0.739. The van der Waals surface area contributed by atoms with Crippen molar-refractivity contribution in [2.75, 3.05) is 13.1 Å². The molecule has 0 radical (unpaired) electrons. The lowest BCUT2D eigenvalue weighted by Crippen LogP contribution is -2.45. The molecule has 1 spiro atoms. The number of benzene rings is 1. The van der Waals surface area contributed by atoms with Gasteiger partial charge in [0.25, 0.3) is 5.91 Å². The molecule has 118 valence electrons. The zero-order chi connectivity index (χ0) is 16.0. The van der Waals surface area contributed by atoms with Crippen molar-refractivity contribution in [2.45, 2.75) is 18.4 Å². The van der Waals surface area contributed by atoms with E-state index in [1.807, 2.05) is 23.1 Å². The molecule has 0 bridgehead atoms. The average Bonchev–Trinajstić information content (AvgIpc) is 3.11. The third-order valence-corrected chi connectivity index (χ3v) is 5.79. The number of nitrogens with zero attached hydrogens (tertiary/aromatic N) is 1. The third kappa shape index (κ3) is 2.35. The molecule has 6 heteroatoms. The predicted molar refractivity (Wildman–Crippen MR) is 88.0 cm³/mol. The molecule has 4 rings (SSSR count). The first-order chi connectivity index (χ1) is 11.1. The number of hydrogen-bond donors (Lipinski definition) is 0. The highest BCUT2D eigenvalue weighted by Gasteiger charge is 2.47. The van der Waals surface area contributed by atoms with Crippen LogP contribution in [0.25, 0.3) is 0 Å². The number of halogens is 1. The summed E-state index contributed by atoms with van der Waals surface area (Å²) in [6.07, 6.45) is 1.25. The van der Waals surface area contributed by atoms with Gasteiger partial charge in [0.05, 0.1) is 14.8 Å². The van der Waals surface area contributed by atoms with E-state index in [0.29, 0.717) is 40.7 Å². The van der Waals surface area contributed by atoms with Crippen molar-refractivity contribution < 1.29 is 14.3 Å². The Morgan fingerprint density at radius 2 is 1.91 bits per heavy atom. The Balaban J connectivity index is 1.54. The van der Waals surface area contributed by atoms with Gasteiger partial charge in [-0.15, -0.1) is 11.3 Å². The monoisotopic (exact) mass is 347 g/mol. The summed E-state index contributed by atoms with van der Waals surface area (Å²) in [7, 11) is 0. The average molecular weight is 348 g/mol. The number of likely N-dealkylation sites (tertiary alicyclic amines) is 1. The van der Waals surface area contributed by atoms with Crippen molar-refractivity contribution in [3.63, 3.8) is 0 Å². The summed E-state index contributed by atoms with van der Waals surface area (Å²) in [6.45, 7) is 1.13. The van der Waals surface area contributed by atoms with E-state index < -0.39 is 5.60 Å². The summed E-state index contributed by atoms with van der Waals surface area (Å²) >= 11 is 7.20. The molecule has 1 saturated heterocycles. The van der Waals surface area contributed by atoms with Crippen LogP contribution < -0.4 is 0 Å². The van der Waals surface area contributed by atoms with E-state index in [4.69, 9.17) is 16.3 Å². The Labute approximate surface area is 142 Å². The number of hydrogen-bond acceptors (Lipinski definition) is 4. The molecule has 2 aliphatic heterocycles. The Morgan fingerprint density at radius 1 is 1.17 bits per heavy atom. The molecule has 0 unspecified atom stereocenters. The van der Waals surface area contributed by atoms with Gasteiger partial charge in [-0.25, -0.2) is 4.79 Å². The zero-order valence-corrected chi connectivity index (χ0v) is 13.8. The topological polar surface area (TPSA) is 46.6 Å². The van der Waals surface area contributed by atoms with Gasteiger partial charge in [0, 0.05) is 31.5 Å². The number of fused-ring (bicyclic) bond motifs is 2. The smallest absolute Gasteiger partial charge is 0.339 e. The number of carbonyl (C=O) groups excluding carboxylic acids is 2. The first kappa shape index (κ1) is 14.7. The van der Waals surface area contributed by atoms with Crippen molar-refractivity contribution in [3.05, 3.63) is 56.7 Å². The fourth-order valence-electron chi connectivity index (χ4n) is 3.37. The van der Waals surface area contributed by atoms with E-state index in [9.17, 15) is 9.59 Å². The Morgan fingerprint density at radius 3 is 2.61 bits per heavy atom. The summed E-state index contributed by atoms with van der Waals surface area (Å²) in [5.41, 5.74) is 1.03. The lowest BCUT2D eigenvalue weighted by atomic mass is 9.84. The highest BCUT2D eigenvalue weighted by atomic mass is 35.5. The van der Waals surface area contributed by atoms with Crippen molar-refractivity contribution in [3.8, 4) is 0 Å². The normalized spacial score (nSPS) is 18.8. The second-order valence-corrected chi connectivity index (χ2v) is 7.54. The molecule has 0 aliphatic carbocycles. The van der Waals surface area contributed by atoms with Crippen LogP contribution in [-0.2, 0) is 10.3 Å². The number of carbonyl (C=O) groups is 2. The minimum atomic E-state index is -0.572. The summed E-state index contributed by atoms with van der Waals surface area (Å²) in [5.74, 6) is -0.264. The molecule has 1 fully saturated rings. The summed E-state index contributed by atoms with van der Waals surface area (Å²) in [4.78, 5) is 27.0. The van der Waals surface area contributed by atoms with Crippen LogP contribution in [-0.4, -0.2) is 29.9 Å². The van der Waals surface area contributed by atoms with Crippen LogP contribution in [0.4, 0.5) is 0 Å². The fraction of sp³-hybridized carbons (Fsp3) is 0.294.